The molecule has 0 fully saturated rings. The molecule has 0 unspecified atom stereocenters. The molecule has 0 spiro atoms. The van der Waals surface area contributed by atoms with Crippen LogP contribution in [0.15, 0.2) is 72.9 Å². The maximum atomic E-state index is 4.65. The average molecular weight is 314 g/mol. The lowest BCUT2D eigenvalue weighted by atomic mass is 10.1. The van der Waals surface area contributed by atoms with Gasteiger partial charge in [0, 0.05) is 12.1 Å². The van der Waals surface area contributed by atoms with Crippen molar-refractivity contribution in [2.75, 3.05) is 11.9 Å². The van der Waals surface area contributed by atoms with Crippen LogP contribution in [0, 0.1) is 0 Å². The van der Waals surface area contributed by atoms with Crippen molar-refractivity contribution in [3.05, 3.63) is 78.5 Å². The van der Waals surface area contributed by atoms with Crippen LogP contribution >= 0.6 is 0 Å². The molecule has 4 heteroatoms. The number of benzene rings is 2. The summed E-state index contributed by atoms with van der Waals surface area (Å²) in [7, 11) is 0. The molecule has 118 valence electrons. The average Bonchev–Trinajstić information content (AvgIpc) is 3.07. The molecule has 0 bridgehead atoms. The summed E-state index contributed by atoms with van der Waals surface area (Å²) in [6.45, 7) is 0.868. The van der Waals surface area contributed by atoms with Crippen molar-refractivity contribution in [3.8, 4) is 11.4 Å². The maximum Gasteiger partial charge on any atom is 0.157 e. The number of pyridine rings is 1. The van der Waals surface area contributed by atoms with Gasteiger partial charge in [-0.15, -0.1) is 0 Å². The van der Waals surface area contributed by atoms with Crippen LogP contribution in [-0.2, 0) is 6.42 Å². The summed E-state index contributed by atoms with van der Waals surface area (Å²) in [4.78, 5) is 12.4. The smallest absolute Gasteiger partial charge is 0.157 e. The first-order valence-electron chi connectivity index (χ1n) is 8.07. The SMILES string of the molecule is c1ccc(CCNc2cnc3[nH]c(-c4ccccc4)nc3c2)cc1. The number of hydrogen-bond donors (Lipinski definition) is 2. The fraction of sp³-hybridized carbons (Fsp3) is 0.100. The molecule has 0 atom stereocenters. The van der Waals surface area contributed by atoms with E-state index in [1.54, 1.807) is 0 Å². The van der Waals surface area contributed by atoms with Crippen molar-refractivity contribution >= 4 is 16.9 Å². The third-order valence-electron chi connectivity index (χ3n) is 3.97. The Balaban J connectivity index is 1.49. The molecular formula is C20H18N4. The summed E-state index contributed by atoms with van der Waals surface area (Å²) >= 11 is 0. The van der Waals surface area contributed by atoms with E-state index in [1.165, 1.54) is 5.56 Å². The highest BCUT2D eigenvalue weighted by molar-refractivity contribution is 5.78. The minimum absolute atomic E-state index is 0.808. The number of nitrogens with one attached hydrogen (secondary N) is 2. The number of aromatic nitrogens is 3. The normalized spacial score (nSPS) is 10.8. The van der Waals surface area contributed by atoms with Gasteiger partial charge in [0.05, 0.1) is 11.9 Å². The van der Waals surface area contributed by atoms with Crippen LogP contribution < -0.4 is 5.32 Å². The van der Waals surface area contributed by atoms with Crippen molar-refractivity contribution < 1.29 is 0 Å². The number of rotatable bonds is 5. The Hall–Kier alpha value is -3.14. The van der Waals surface area contributed by atoms with Crippen LogP contribution in [-0.4, -0.2) is 21.5 Å². The molecule has 0 amide bonds. The molecule has 4 nitrogen and oxygen atoms in total. The number of hydrogen-bond acceptors (Lipinski definition) is 3. The zero-order chi connectivity index (χ0) is 16.2. The topological polar surface area (TPSA) is 53.6 Å². The highest BCUT2D eigenvalue weighted by atomic mass is 15.0. The minimum atomic E-state index is 0.808. The van der Waals surface area contributed by atoms with Crippen molar-refractivity contribution in [1.82, 2.24) is 15.0 Å². The maximum absolute atomic E-state index is 4.65. The molecule has 0 aliphatic heterocycles. The number of nitrogens with zero attached hydrogens (tertiary/aromatic N) is 2. The summed E-state index contributed by atoms with van der Waals surface area (Å²) < 4.78 is 0. The number of fused-ring (bicyclic) bond motifs is 1. The third kappa shape index (κ3) is 3.13. The van der Waals surface area contributed by atoms with Crippen LogP contribution in [0.1, 0.15) is 5.56 Å². The van der Waals surface area contributed by atoms with Gasteiger partial charge >= 0.3 is 0 Å². The molecule has 0 saturated heterocycles. The Labute approximate surface area is 140 Å². The summed E-state index contributed by atoms with van der Waals surface area (Å²) in [5, 5.41) is 3.42. The molecule has 0 aliphatic rings. The molecule has 2 aromatic heterocycles. The van der Waals surface area contributed by atoms with Gasteiger partial charge in [0.25, 0.3) is 0 Å². The monoisotopic (exact) mass is 314 g/mol. The molecule has 2 aromatic carbocycles. The first-order valence-corrected chi connectivity index (χ1v) is 8.07. The van der Waals surface area contributed by atoms with E-state index in [0.29, 0.717) is 0 Å². The van der Waals surface area contributed by atoms with Gasteiger partial charge in [0.15, 0.2) is 5.65 Å². The van der Waals surface area contributed by atoms with Gasteiger partial charge in [-0.3, -0.25) is 0 Å². The Morgan fingerprint density at radius 2 is 1.67 bits per heavy atom. The van der Waals surface area contributed by atoms with Gasteiger partial charge in [-0.1, -0.05) is 60.7 Å². The van der Waals surface area contributed by atoms with E-state index in [2.05, 4.69) is 44.5 Å². The Morgan fingerprint density at radius 3 is 2.46 bits per heavy atom. The molecule has 2 N–H and O–H groups in total. The van der Waals surface area contributed by atoms with Crippen molar-refractivity contribution in [2.45, 2.75) is 6.42 Å². The molecule has 24 heavy (non-hydrogen) atoms. The fourth-order valence-corrected chi connectivity index (χ4v) is 2.72. The Morgan fingerprint density at radius 1 is 0.917 bits per heavy atom. The lowest BCUT2D eigenvalue weighted by Gasteiger charge is -2.05. The van der Waals surface area contributed by atoms with E-state index in [1.807, 2.05) is 48.7 Å². The van der Waals surface area contributed by atoms with E-state index in [-0.39, 0.29) is 0 Å². The van der Waals surface area contributed by atoms with Crippen LogP contribution in [0.3, 0.4) is 0 Å². The Bertz CT molecular complexity index is 930. The van der Waals surface area contributed by atoms with E-state index in [9.17, 15) is 0 Å². The lowest BCUT2D eigenvalue weighted by molar-refractivity contribution is 1.02. The van der Waals surface area contributed by atoms with Crippen molar-refractivity contribution in [1.29, 1.82) is 0 Å². The summed E-state index contributed by atoms with van der Waals surface area (Å²) in [5.74, 6) is 0.847. The molecule has 0 saturated carbocycles. The quantitative estimate of drug-likeness (QED) is 0.578. The number of imidazole rings is 1. The second kappa shape index (κ2) is 6.54. The first-order chi connectivity index (χ1) is 11.9. The zero-order valence-electron chi connectivity index (χ0n) is 13.2. The van der Waals surface area contributed by atoms with Crippen molar-refractivity contribution in [3.63, 3.8) is 0 Å². The highest BCUT2D eigenvalue weighted by Gasteiger charge is 2.06. The van der Waals surface area contributed by atoms with E-state index < -0.39 is 0 Å². The van der Waals surface area contributed by atoms with Crippen LogP contribution in [0.25, 0.3) is 22.6 Å². The number of anilines is 1. The molecule has 2 heterocycles. The molecule has 0 aliphatic carbocycles. The summed E-state index contributed by atoms with van der Waals surface area (Å²) in [6.07, 6.45) is 2.83. The largest absolute Gasteiger partial charge is 0.383 e. The predicted octanol–water partition coefficient (Wildman–Crippen LogP) is 4.28. The highest BCUT2D eigenvalue weighted by Crippen LogP contribution is 2.21. The second-order valence-corrected chi connectivity index (χ2v) is 5.71. The summed E-state index contributed by atoms with van der Waals surface area (Å²) in [5.41, 5.74) is 5.06. The number of H-pyrrole nitrogens is 1. The predicted molar refractivity (Wildman–Crippen MR) is 98.0 cm³/mol. The molecule has 0 radical (unpaired) electrons. The van der Waals surface area contributed by atoms with Gasteiger partial charge in [-0.25, -0.2) is 9.97 Å². The van der Waals surface area contributed by atoms with Gasteiger partial charge in [-0.05, 0) is 18.1 Å². The minimum Gasteiger partial charge on any atom is -0.383 e. The first kappa shape index (κ1) is 14.5. The van der Waals surface area contributed by atoms with E-state index >= 15 is 0 Å². The van der Waals surface area contributed by atoms with Crippen LogP contribution in [0.5, 0.6) is 0 Å². The van der Waals surface area contributed by atoms with Gasteiger partial charge in [-0.2, -0.15) is 0 Å². The molecular weight excluding hydrogens is 296 g/mol. The standard InChI is InChI=1S/C20H18N4/c1-3-7-15(8-4-1)11-12-21-17-13-18-20(22-14-17)24-19(23-18)16-9-5-2-6-10-16/h1-10,13-14,21H,11-12H2,(H,22,23,24). The van der Waals surface area contributed by atoms with Crippen molar-refractivity contribution in [2.24, 2.45) is 0 Å². The number of aromatic amines is 1. The van der Waals surface area contributed by atoms with E-state index in [0.717, 1.165) is 41.2 Å². The Kier molecular flexibility index (Phi) is 3.94. The fourth-order valence-electron chi connectivity index (χ4n) is 2.72. The van der Waals surface area contributed by atoms with Crippen LogP contribution in [0.4, 0.5) is 5.69 Å². The zero-order valence-corrected chi connectivity index (χ0v) is 13.2. The second-order valence-electron chi connectivity index (χ2n) is 5.71. The lowest BCUT2D eigenvalue weighted by Crippen LogP contribution is -2.04. The van der Waals surface area contributed by atoms with E-state index in [4.69, 9.17) is 0 Å². The van der Waals surface area contributed by atoms with Gasteiger partial charge in [0.1, 0.15) is 11.3 Å². The van der Waals surface area contributed by atoms with Crippen LogP contribution in [0.2, 0.25) is 0 Å². The summed E-state index contributed by atoms with van der Waals surface area (Å²) in [6, 6.07) is 22.6. The molecule has 4 rings (SSSR count). The van der Waals surface area contributed by atoms with Gasteiger partial charge in [0.2, 0.25) is 0 Å². The molecule has 4 aromatic rings. The van der Waals surface area contributed by atoms with Gasteiger partial charge < -0.3 is 10.3 Å². The third-order valence-corrected chi connectivity index (χ3v) is 3.97.